The van der Waals surface area contributed by atoms with Crippen molar-refractivity contribution in [1.29, 1.82) is 0 Å². The maximum Gasteiger partial charge on any atom is 0.217 e. The van der Waals surface area contributed by atoms with E-state index in [0.717, 1.165) is 22.9 Å². The normalized spacial score (nSPS) is 12.1. The zero-order valence-electron chi connectivity index (χ0n) is 18.8. The van der Waals surface area contributed by atoms with Crippen LogP contribution in [0.3, 0.4) is 0 Å². The molecule has 0 aliphatic carbocycles. The molecule has 3 aromatic rings. The summed E-state index contributed by atoms with van der Waals surface area (Å²) in [6.07, 6.45) is 6.10. The largest absolute Gasteiger partial charge is 0.353 e. The van der Waals surface area contributed by atoms with Crippen LogP contribution in [0.5, 0.6) is 0 Å². The molecule has 0 radical (unpaired) electrons. The highest BCUT2D eigenvalue weighted by molar-refractivity contribution is 7.27. The highest BCUT2D eigenvalue weighted by Gasteiger charge is 2.05. The Hall–Kier alpha value is -3.14. The zero-order chi connectivity index (χ0) is 23.2. The van der Waals surface area contributed by atoms with Crippen LogP contribution >= 0.6 is 9.24 Å². The molecule has 0 amide bonds. The predicted molar refractivity (Wildman–Crippen MR) is 142 cm³/mol. The maximum atomic E-state index is 6.18. The summed E-state index contributed by atoms with van der Waals surface area (Å²) < 4.78 is 0. The van der Waals surface area contributed by atoms with Crippen LogP contribution in [-0.4, -0.2) is 36.8 Å². The second-order valence-corrected chi connectivity index (χ2v) is 7.97. The molecule has 0 spiro atoms. The van der Waals surface area contributed by atoms with Crippen LogP contribution in [0, 0.1) is 6.92 Å². The van der Waals surface area contributed by atoms with Crippen LogP contribution in [0.25, 0.3) is 5.57 Å². The van der Waals surface area contributed by atoms with Gasteiger partial charge in [0.25, 0.3) is 0 Å². The summed E-state index contributed by atoms with van der Waals surface area (Å²) in [4.78, 5) is 12.4. The monoisotopic (exact) mass is 445 g/mol. The summed E-state index contributed by atoms with van der Waals surface area (Å²) in [5, 5.41) is 4.33. The lowest BCUT2D eigenvalue weighted by Gasteiger charge is -2.13. The van der Waals surface area contributed by atoms with Gasteiger partial charge in [-0.15, -0.1) is 9.24 Å². The van der Waals surface area contributed by atoms with Crippen molar-refractivity contribution < 1.29 is 0 Å². The third-order valence-electron chi connectivity index (χ3n) is 4.55. The van der Waals surface area contributed by atoms with Gasteiger partial charge >= 0.3 is 0 Å². The Bertz CT molecular complexity index is 999. The van der Waals surface area contributed by atoms with Gasteiger partial charge in [0.15, 0.2) is 0 Å². The van der Waals surface area contributed by atoms with Crippen LogP contribution in [0.4, 0.5) is 0 Å². The summed E-state index contributed by atoms with van der Waals surface area (Å²) in [6.45, 7) is 6.70. The van der Waals surface area contributed by atoms with Crippen molar-refractivity contribution in [2.24, 2.45) is 15.7 Å². The van der Waals surface area contributed by atoms with E-state index in [0.29, 0.717) is 12.5 Å². The highest BCUT2D eigenvalue weighted by atomic mass is 31.0. The summed E-state index contributed by atoms with van der Waals surface area (Å²) in [7, 11) is 4.37. The molecule has 0 saturated heterocycles. The lowest BCUT2D eigenvalue weighted by atomic mass is 10.1. The van der Waals surface area contributed by atoms with Crippen molar-refractivity contribution in [3.63, 3.8) is 0 Å². The number of pyridine rings is 1. The van der Waals surface area contributed by atoms with Crippen LogP contribution in [-0.2, 0) is 6.42 Å². The highest BCUT2D eigenvalue weighted by Crippen LogP contribution is 2.09. The fourth-order valence-corrected chi connectivity index (χ4v) is 2.92. The Morgan fingerprint density at radius 2 is 1.75 bits per heavy atom. The lowest BCUT2D eigenvalue weighted by Crippen LogP contribution is -2.38. The first-order valence-electron chi connectivity index (χ1n) is 10.4. The van der Waals surface area contributed by atoms with Crippen molar-refractivity contribution in [2.45, 2.75) is 19.4 Å². The molecular formula is C26H32N5P. The molecule has 0 fully saturated rings. The van der Waals surface area contributed by atoms with Gasteiger partial charge in [-0.25, -0.2) is 4.99 Å². The first-order valence-corrected chi connectivity index (χ1v) is 11.0. The van der Waals surface area contributed by atoms with Gasteiger partial charge in [-0.05, 0) is 53.0 Å². The van der Waals surface area contributed by atoms with E-state index in [-0.39, 0.29) is 6.04 Å². The molecule has 32 heavy (non-hydrogen) atoms. The number of hydrogen-bond donors (Lipinski definition) is 2. The Balaban J connectivity index is 0.000000439. The van der Waals surface area contributed by atoms with E-state index < -0.39 is 0 Å². The third kappa shape index (κ3) is 9.78. The van der Waals surface area contributed by atoms with Gasteiger partial charge in [-0.3, -0.25) is 9.98 Å². The second-order valence-electron chi connectivity index (χ2n) is 7.31. The Morgan fingerprint density at radius 3 is 2.31 bits per heavy atom. The Kier molecular flexibility index (Phi) is 11.0. The second kappa shape index (κ2) is 14.0. The molecule has 0 bridgehead atoms. The molecule has 6 heteroatoms. The minimum absolute atomic E-state index is 0.00727. The summed E-state index contributed by atoms with van der Waals surface area (Å²) in [5.41, 5.74) is 10.5. The fraction of sp³-hybridized carbons (Fsp3) is 0.192. The molecule has 5 nitrogen and oxygen atoms in total. The zero-order valence-corrected chi connectivity index (χ0v) is 19.9. The van der Waals surface area contributed by atoms with Gasteiger partial charge in [0.2, 0.25) is 5.96 Å². The molecule has 0 aliphatic rings. The minimum atomic E-state index is -0.00727. The average molecular weight is 446 g/mol. The van der Waals surface area contributed by atoms with Crippen molar-refractivity contribution in [2.75, 3.05) is 13.6 Å². The summed E-state index contributed by atoms with van der Waals surface area (Å²) in [6, 6.07) is 22.2. The minimum Gasteiger partial charge on any atom is -0.353 e. The molecule has 1 aromatic heterocycles. The molecule has 3 rings (SSSR count). The van der Waals surface area contributed by atoms with E-state index in [1.165, 1.54) is 11.1 Å². The average Bonchev–Trinajstić information content (AvgIpc) is 2.81. The van der Waals surface area contributed by atoms with E-state index in [9.17, 15) is 0 Å². The van der Waals surface area contributed by atoms with Gasteiger partial charge < -0.3 is 11.1 Å². The van der Waals surface area contributed by atoms with Gasteiger partial charge in [0, 0.05) is 38.2 Å². The number of guanidine groups is 1. The number of nitrogens with one attached hydrogen (secondary N) is 1. The quantitative estimate of drug-likeness (QED) is 0.344. The predicted octanol–water partition coefficient (Wildman–Crippen LogP) is 3.81. The molecule has 2 aromatic carbocycles. The van der Waals surface area contributed by atoms with E-state index in [4.69, 9.17) is 5.73 Å². The van der Waals surface area contributed by atoms with Crippen LogP contribution in [0.15, 0.2) is 95.7 Å². The van der Waals surface area contributed by atoms with Crippen LogP contribution < -0.4 is 16.4 Å². The van der Waals surface area contributed by atoms with Crippen LogP contribution in [0.2, 0.25) is 0 Å². The number of allylic oxidation sites excluding steroid dienone is 1. The topological polar surface area (TPSA) is 75.7 Å². The number of benzene rings is 2. The number of hydrogen-bond acceptors (Lipinski definition) is 3. The first-order chi connectivity index (χ1) is 15.5. The molecule has 3 N–H and O–H groups in total. The van der Waals surface area contributed by atoms with Crippen LogP contribution in [0.1, 0.15) is 16.7 Å². The smallest absolute Gasteiger partial charge is 0.217 e. The molecule has 0 aliphatic heterocycles. The first kappa shape index (κ1) is 25.1. The third-order valence-corrected chi connectivity index (χ3v) is 4.93. The SMILES string of the molecule is C=C(/C=N\C(=NC)NC[C@@H](N)Cc1ccccc1)c1ccc(P)cc1.Cc1ccncc1. The Labute approximate surface area is 193 Å². The van der Waals surface area contributed by atoms with Crippen molar-refractivity contribution in [1.82, 2.24) is 10.3 Å². The number of nitrogens with zero attached hydrogens (tertiary/aromatic N) is 3. The van der Waals surface area contributed by atoms with Crippen molar-refractivity contribution in [3.05, 3.63) is 102 Å². The standard InChI is InChI=1S/C20H25N4P.C6H7N/c1-15(17-8-10-19(25)11-9-17)13-23-20(22-2)24-14-18(21)12-16-6-4-3-5-7-16;1-6-2-4-7-5-3-6/h3-11,13,18H,1,12,14,21,25H2,2H3,(H,22,24);2-5H,1H3/b23-13-;/t18-;/m0./s1. The lowest BCUT2D eigenvalue weighted by molar-refractivity contribution is 0.642. The molecule has 0 saturated carbocycles. The number of nitrogens with two attached hydrogens (primary N) is 1. The molecule has 1 heterocycles. The molecule has 166 valence electrons. The van der Waals surface area contributed by atoms with Gasteiger partial charge in [-0.1, -0.05) is 61.2 Å². The molecule has 2 atom stereocenters. The summed E-state index contributed by atoms with van der Waals surface area (Å²) >= 11 is 0. The van der Waals surface area contributed by atoms with E-state index >= 15 is 0 Å². The van der Waals surface area contributed by atoms with Gasteiger partial charge in [0.1, 0.15) is 0 Å². The van der Waals surface area contributed by atoms with E-state index in [1.54, 1.807) is 25.7 Å². The van der Waals surface area contributed by atoms with Crippen molar-refractivity contribution in [3.8, 4) is 0 Å². The van der Waals surface area contributed by atoms with Crippen molar-refractivity contribution >= 4 is 32.3 Å². The molecule has 1 unspecified atom stereocenters. The fourth-order valence-electron chi connectivity index (χ4n) is 2.73. The molecular weight excluding hydrogens is 413 g/mol. The maximum absolute atomic E-state index is 6.18. The number of aryl methyl sites for hydroxylation is 1. The Morgan fingerprint density at radius 1 is 1.09 bits per heavy atom. The van der Waals surface area contributed by atoms with Gasteiger partial charge in [0.05, 0.1) is 0 Å². The van der Waals surface area contributed by atoms with E-state index in [2.05, 4.69) is 48.2 Å². The number of rotatable bonds is 6. The summed E-state index contributed by atoms with van der Waals surface area (Å²) in [5.74, 6) is 0.548. The number of aromatic nitrogens is 1. The van der Waals surface area contributed by atoms with E-state index in [1.807, 2.05) is 61.5 Å². The van der Waals surface area contributed by atoms with Gasteiger partial charge in [-0.2, -0.15) is 0 Å². The number of aliphatic imine (C=N–C) groups is 2.